The van der Waals surface area contributed by atoms with Crippen LogP contribution in [0.5, 0.6) is 0 Å². The van der Waals surface area contributed by atoms with E-state index in [9.17, 15) is 9.90 Å². The van der Waals surface area contributed by atoms with Crippen molar-refractivity contribution in [3.63, 3.8) is 0 Å². The molecule has 0 bridgehead atoms. The molecule has 0 saturated carbocycles. The predicted octanol–water partition coefficient (Wildman–Crippen LogP) is 9.78. The summed E-state index contributed by atoms with van der Waals surface area (Å²) in [5.74, 6) is -0.872. The highest BCUT2D eigenvalue weighted by atomic mass is 127. The van der Waals surface area contributed by atoms with Gasteiger partial charge in [0.2, 0.25) is 0 Å². The molecule has 0 aromatic heterocycles. The van der Waals surface area contributed by atoms with Crippen LogP contribution in [-0.2, 0) is -1.69 Å². The zero-order chi connectivity index (χ0) is 19.4. The molecule has 0 aliphatic heterocycles. The molecule has 2 aromatic carbocycles. The van der Waals surface area contributed by atoms with E-state index in [1.165, 1.54) is 5.56 Å². The first-order valence-electron chi connectivity index (χ1n) is 6.21. The molecule has 0 aliphatic rings. The van der Waals surface area contributed by atoms with Gasteiger partial charge in [-0.05, 0) is 214 Å². The summed E-state index contributed by atoms with van der Waals surface area (Å²) in [6.07, 6.45) is 0. The van der Waals surface area contributed by atoms with Crippen LogP contribution in [0.4, 0.5) is 0 Å². The van der Waals surface area contributed by atoms with Crippen LogP contribution in [0, 0.1) is 0 Å². The molecule has 0 atom stereocenters. The van der Waals surface area contributed by atoms with Gasteiger partial charge in [-0.2, -0.15) is 0 Å². The molecule has 0 spiro atoms. The molecule has 0 aliphatic carbocycles. The van der Waals surface area contributed by atoms with Gasteiger partial charge in [0.1, 0.15) is -1.69 Å². The smallest absolute Gasteiger partial charge is 0.336 e. The molecule has 0 heterocycles. The Bertz CT molecular complexity index is 844. The van der Waals surface area contributed by atoms with Crippen LogP contribution in [-0.4, -0.2) is 11.1 Å². The first-order chi connectivity index (χ1) is 11.2. The standard InChI is InChI=1S/C14H5I9O2/c15-12(16,17)8-6-4-2-1-3-5(6)7(11(24)25)9(13(18,19)20)10(8)14(21,22)23/h1-4H,(H,24,25). The number of carboxylic acid groups (broad SMARTS) is 1. The zero-order valence-electron chi connectivity index (χ0n) is 11.6. The van der Waals surface area contributed by atoms with Gasteiger partial charge in [-0.25, -0.2) is 4.79 Å². The average molecular weight is 1350 g/mol. The van der Waals surface area contributed by atoms with Crippen LogP contribution >= 0.6 is 203 Å². The van der Waals surface area contributed by atoms with E-state index in [0.29, 0.717) is 5.56 Å². The van der Waals surface area contributed by atoms with Crippen molar-refractivity contribution in [2.24, 2.45) is 0 Å². The third kappa shape index (κ3) is 6.16. The number of halogens is 9. The second kappa shape index (κ2) is 9.70. The molecule has 1 N–H and O–H groups in total. The summed E-state index contributed by atoms with van der Waals surface area (Å²) < 4.78 is -0.849. The van der Waals surface area contributed by atoms with Crippen molar-refractivity contribution in [1.29, 1.82) is 0 Å². The van der Waals surface area contributed by atoms with Crippen molar-refractivity contribution in [3.8, 4) is 0 Å². The molecule has 2 nitrogen and oxygen atoms in total. The molecule has 0 amide bonds. The molecule has 0 saturated heterocycles. The highest BCUT2D eigenvalue weighted by Gasteiger charge is 2.43. The summed E-state index contributed by atoms with van der Waals surface area (Å²) in [6, 6.07) is 7.87. The Morgan fingerprint density at radius 2 is 1.08 bits per heavy atom. The lowest BCUT2D eigenvalue weighted by Crippen LogP contribution is -2.21. The number of alkyl halides is 9. The summed E-state index contributed by atoms with van der Waals surface area (Å²) >= 11 is 21.5. The Hall–Kier alpha value is 4.74. The number of fused-ring (bicyclic) bond motifs is 1. The van der Waals surface area contributed by atoms with Crippen LogP contribution in [0.2, 0.25) is 0 Å². The maximum absolute atomic E-state index is 12.3. The topological polar surface area (TPSA) is 37.3 Å². The number of hydrogen-bond acceptors (Lipinski definition) is 1. The largest absolute Gasteiger partial charge is 0.478 e. The van der Waals surface area contributed by atoms with Gasteiger partial charge in [0.05, 0.1) is 5.56 Å². The minimum absolute atomic E-state index is 0.198. The molecule has 0 radical (unpaired) electrons. The highest BCUT2D eigenvalue weighted by molar-refractivity contribution is 14.3. The maximum atomic E-state index is 12.3. The van der Waals surface area contributed by atoms with Gasteiger partial charge < -0.3 is 5.11 Å². The Morgan fingerprint density at radius 1 is 0.680 bits per heavy atom. The molecule has 2 rings (SSSR count). The summed E-state index contributed by atoms with van der Waals surface area (Å²) in [5.41, 5.74) is 3.60. The second-order valence-electron chi connectivity index (χ2n) is 4.84. The number of carboxylic acids is 1. The normalized spacial score (nSPS) is 13.3. The maximum Gasteiger partial charge on any atom is 0.336 e. The van der Waals surface area contributed by atoms with E-state index in [-0.39, 0.29) is -1.69 Å². The van der Waals surface area contributed by atoms with E-state index in [0.717, 1.165) is 21.9 Å². The number of hydrogen-bond donors (Lipinski definition) is 1. The van der Waals surface area contributed by atoms with E-state index >= 15 is 0 Å². The van der Waals surface area contributed by atoms with E-state index in [2.05, 4.69) is 203 Å². The molecular weight excluding hydrogens is 1340 g/mol. The lowest BCUT2D eigenvalue weighted by molar-refractivity contribution is 0.0698. The van der Waals surface area contributed by atoms with Crippen molar-refractivity contribution < 1.29 is 9.90 Å². The van der Waals surface area contributed by atoms with E-state index in [4.69, 9.17) is 0 Å². The van der Waals surface area contributed by atoms with Crippen molar-refractivity contribution in [1.82, 2.24) is 0 Å². The summed E-state index contributed by atoms with van der Waals surface area (Å²) in [4.78, 5) is 12.3. The molecule has 136 valence electrons. The Balaban J connectivity index is 3.31. The second-order valence-corrected chi connectivity index (χ2v) is 38.0. The highest BCUT2D eigenvalue weighted by Crippen LogP contribution is 2.62. The van der Waals surface area contributed by atoms with Crippen molar-refractivity contribution in [2.75, 3.05) is 0 Å². The number of carbonyl (C=O) groups is 1. The minimum Gasteiger partial charge on any atom is -0.478 e. The third-order valence-corrected chi connectivity index (χ3v) is 8.13. The quantitative estimate of drug-likeness (QED) is 0.245. The lowest BCUT2D eigenvalue weighted by Gasteiger charge is -2.32. The van der Waals surface area contributed by atoms with Gasteiger partial charge in [-0.1, -0.05) is 24.3 Å². The number of rotatable bonds is 4. The van der Waals surface area contributed by atoms with Gasteiger partial charge in [-0.3, -0.25) is 0 Å². The summed E-state index contributed by atoms with van der Waals surface area (Å²) in [7, 11) is 0. The van der Waals surface area contributed by atoms with Crippen LogP contribution in [0.3, 0.4) is 0 Å². The number of benzene rings is 2. The molecule has 0 fully saturated rings. The molecular formula is C14H5I9O2. The van der Waals surface area contributed by atoms with E-state index in [1.54, 1.807) is 0 Å². The first-order valence-corrected chi connectivity index (χ1v) is 15.9. The Morgan fingerprint density at radius 3 is 1.44 bits per heavy atom. The Labute approximate surface area is 268 Å². The fourth-order valence-electron chi connectivity index (χ4n) is 2.52. The van der Waals surface area contributed by atoms with E-state index in [1.807, 2.05) is 24.3 Å². The fourth-order valence-corrected chi connectivity index (χ4v) is 7.44. The van der Waals surface area contributed by atoms with E-state index < -0.39 is 5.97 Å². The van der Waals surface area contributed by atoms with Gasteiger partial charge >= 0.3 is 5.97 Å². The van der Waals surface area contributed by atoms with Crippen LogP contribution < -0.4 is 0 Å². The molecule has 0 unspecified atom stereocenters. The van der Waals surface area contributed by atoms with Crippen LogP contribution in [0.1, 0.15) is 27.0 Å². The van der Waals surface area contributed by atoms with Gasteiger partial charge in [-0.15, -0.1) is 0 Å². The Kier molecular flexibility index (Phi) is 10.1. The van der Waals surface area contributed by atoms with Crippen molar-refractivity contribution in [2.45, 2.75) is -1.69 Å². The first kappa shape index (κ1) is 26.0. The average Bonchev–Trinajstić information content (AvgIpc) is 2.41. The molecule has 25 heavy (non-hydrogen) atoms. The third-order valence-electron chi connectivity index (χ3n) is 3.28. The van der Waals surface area contributed by atoms with Crippen molar-refractivity contribution in [3.05, 3.63) is 46.5 Å². The lowest BCUT2D eigenvalue weighted by atomic mass is 9.91. The van der Waals surface area contributed by atoms with Gasteiger partial charge in [0.15, 0.2) is 0 Å². The molecule has 2 aromatic rings. The van der Waals surface area contributed by atoms with Crippen LogP contribution in [0.15, 0.2) is 24.3 Å². The summed E-state index contributed by atoms with van der Waals surface area (Å²) in [6.45, 7) is 0. The fraction of sp³-hybridized carbons (Fsp3) is 0.214. The van der Waals surface area contributed by atoms with Gasteiger partial charge in [0.25, 0.3) is 0 Å². The van der Waals surface area contributed by atoms with Gasteiger partial charge in [0, 0.05) is 16.7 Å². The van der Waals surface area contributed by atoms with Crippen LogP contribution in [0.25, 0.3) is 10.8 Å². The van der Waals surface area contributed by atoms with Crippen molar-refractivity contribution >= 4 is 220 Å². The molecule has 11 heteroatoms. The monoisotopic (exact) mass is 1350 g/mol. The summed E-state index contributed by atoms with van der Waals surface area (Å²) in [5, 5.41) is 11.9. The predicted molar refractivity (Wildman–Crippen MR) is 182 cm³/mol. The zero-order valence-corrected chi connectivity index (χ0v) is 31.0. The number of aromatic carboxylic acids is 1. The SMILES string of the molecule is O=C(O)c1c(C(I)(I)I)c(C(I)(I)I)c(C(I)(I)I)c2ccccc12. The minimum atomic E-state index is -0.872.